The Morgan fingerprint density at radius 2 is 1.69 bits per heavy atom. The van der Waals surface area contributed by atoms with Crippen LogP contribution in [-0.2, 0) is 12.2 Å². The Hall–Kier alpha value is -0.920. The highest BCUT2D eigenvalue weighted by atomic mass is 35.5. The number of fused-ring (bicyclic) bond motifs is 3. The van der Waals surface area contributed by atoms with E-state index in [1.807, 2.05) is 23.9 Å². The molecule has 0 radical (unpaired) electrons. The lowest BCUT2D eigenvalue weighted by Crippen LogP contribution is -2.43. The van der Waals surface area contributed by atoms with Crippen molar-refractivity contribution in [2.45, 2.75) is 50.4 Å². The molecule has 0 saturated carbocycles. The first-order valence-corrected chi connectivity index (χ1v) is 12.8. The van der Waals surface area contributed by atoms with E-state index in [2.05, 4.69) is 20.9 Å². The number of nitrogens with one attached hydrogen (secondary N) is 1. The quantitative estimate of drug-likeness (QED) is 0.656. The molecule has 3 aliphatic heterocycles. The molecule has 2 aromatic rings. The van der Waals surface area contributed by atoms with Gasteiger partial charge in [-0.25, -0.2) is 0 Å². The van der Waals surface area contributed by atoms with Crippen LogP contribution in [0.3, 0.4) is 0 Å². The van der Waals surface area contributed by atoms with E-state index < -0.39 is 0 Å². The number of nitrogens with zero attached hydrogens (tertiary/aromatic N) is 2. The fourth-order valence-corrected chi connectivity index (χ4v) is 6.15. The van der Waals surface area contributed by atoms with Crippen molar-refractivity contribution >= 4 is 47.5 Å². The summed E-state index contributed by atoms with van der Waals surface area (Å²) in [4.78, 5) is 20.7. The minimum absolute atomic E-state index is 0. The average molecular weight is 501 g/mol. The predicted octanol–water partition coefficient (Wildman–Crippen LogP) is 4.49. The molecule has 4 heterocycles. The van der Waals surface area contributed by atoms with Crippen LogP contribution in [0.1, 0.15) is 43.2 Å². The van der Waals surface area contributed by atoms with Gasteiger partial charge in [0.05, 0.1) is 0 Å². The monoisotopic (exact) mass is 499 g/mol. The first kappa shape index (κ1) is 25.7. The van der Waals surface area contributed by atoms with Crippen LogP contribution in [0.15, 0.2) is 23.0 Å². The second-order valence-electron chi connectivity index (χ2n) is 8.98. The van der Waals surface area contributed by atoms with E-state index in [-0.39, 0.29) is 30.4 Å². The SMILES string of the molecule is Cl.Cl.O=c1[nH]c2ccc(OC3CCN(CCN4CCCCC4)CC3)cc2c2c1CSCC2. The fraction of sp³-hybridized carbons (Fsp3) is 0.625. The first-order valence-electron chi connectivity index (χ1n) is 11.6. The highest BCUT2D eigenvalue weighted by molar-refractivity contribution is 7.98. The Morgan fingerprint density at radius 1 is 0.969 bits per heavy atom. The molecule has 1 aromatic carbocycles. The highest BCUT2D eigenvalue weighted by Gasteiger charge is 2.22. The van der Waals surface area contributed by atoms with Crippen LogP contribution in [0.5, 0.6) is 5.75 Å². The van der Waals surface area contributed by atoms with Gasteiger partial charge in [0.25, 0.3) is 5.56 Å². The second-order valence-corrected chi connectivity index (χ2v) is 10.1. The zero-order valence-corrected chi connectivity index (χ0v) is 21.1. The van der Waals surface area contributed by atoms with Gasteiger partial charge >= 0.3 is 0 Å². The van der Waals surface area contributed by atoms with E-state index in [0.717, 1.165) is 60.7 Å². The van der Waals surface area contributed by atoms with Crippen molar-refractivity contribution in [3.05, 3.63) is 39.7 Å². The molecule has 0 aliphatic carbocycles. The molecule has 1 N–H and O–H groups in total. The fourth-order valence-electron chi connectivity index (χ4n) is 5.15. The van der Waals surface area contributed by atoms with Gasteiger partial charge in [-0.05, 0) is 74.7 Å². The van der Waals surface area contributed by atoms with Crippen molar-refractivity contribution in [2.24, 2.45) is 0 Å². The zero-order valence-electron chi connectivity index (χ0n) is 18.6. The largest absolute Gasteiger partial charge is 0.490 e. The Labute approximate surface area is 207 Å². The maximum absolute atomic E-state index is 12.4. The van der Waals surface area contributed by atoms with Gasteiger partial charge in [0.1, 0.15) is 11.9 Å². The minimum Gasteiger partial charge on any atom is -0.490 e. The van der Waals surface area contributed by atoms with Crippen LogP contribution >= 0.6 is 36.6 Å². The summed E-state index contributed by atoms with van der Waals surface area (Å²) in [7, 11) is 0. The van der Waals surface area contributed by atoms with Crippen LogP contribution in [0, 0.1) is 0 Å². The van der Waals surface area contributed by atoms with Gasteiger partial charge in [-0.1, -0.05) is 6.42 Å². The molecule has 8 heteroatoms. The highest BCUT2D eigenvalue weighted by Crippen LogP contribution is 2.30. The molecule has 178 valence electrons. The maximum atomic E-state index is 12.4. The molecule has 0 bridgehead atoms. The van der Waals surface area contributed by atoms with Gasteiger partial charge in [-0.2, -0.15) is 11.8 Å². The Bertz CT molecular complexity index is 941. The first-order chi connectivity index (χ1) is 14.8. The zero-order chi connectivity index (χ0) is 20.3. The lowest BCUT2D eigenvalue weighted by molar-refractivity contribution is 0.0906. The topological polar surface area (TPSA) is 48.6 Å². The lowest BCUT2D eigenvalue weighted by Gasteiger charge is -2.34. The Balaban J connectivity index is 0.00000144. The molecule has 32 heavy (non-hydrogen) atoms. The van der Waals surface area contributed by atoms with Gasteiger partial charge in [0, 0.05) is 48.4 Å². The third-order valence-corrected chi connectivity index (χ3v) is 7.95. The summed E-state index contributed by atoms with van der Waals surface area (Å²) in [6, 6.07) is 6.19. The molecule has 1 aromatic heterocycles. The predicted molar refractivity (Wildman–Crippen MR) is 139 cm³/mol. The molecule has 0 amide bonds. The van der Waals surface area contributed by atoms with Crippen LogP contribution in [0.4, 0.5) is 0 Å². The molecule has 0 unspecified atom stereocenters. The molecule has 5 nitrogen and oxygen atoms in total. The molecular formula is C24H35Cl2N3O2S. The van der Waals surface area contributed by atoms with Gasteiger partial charge in [-0.3, -0.25) is 4.79 Å². The maximum Gasteiger partial charge on any atom is 0.252 e. The smallest absolute Gasteiger partial charge is 0.252 e. The molecule has 0 spiro atoms. The number of aromatic nitrogens is 1. The summed E-state index contributed by atoms with van der Waals surface area (Å²) >= 11 is 1.85. The lowest BCUT2D eigenvalue weighted by atomic mass is 10.0. The van der Waals surface area contributed by atoms with Crippen LogP contribution in [0.2, 0.25) is 0 Å². The number of pyridine rings is 1. The number of rotatable bonds is 5. The number of halogens is 2. The van der Waals surface area contributed by atoms with Gasteiger partial charge in [-0.15, -0.1) is 24.8 Å². The number of aromatic amines is 1. The number of likely N-dealkylation sites (tertiary alicyclic amines) is 2. The standard InChI is InChI=1S/C24H33N3O2S.2ClH/c28-24-22-17-30-15-8-20(22)21-16-19(4-5-23(21)25-24)29-18-6-11-27(12-7-18)14-13-26-9-2-1-3-10-26;;/h4-5,16,18H,1-3,6-15,17H2,(H,25,28);2*1H. The number of piperidine rings is 2. The average Bonchev–Trinajstić information content (AvgIpc) is 2.80. The van der Waals surface area contributed by atoms with Crippen molar-refractivity contribution in [3.8, 4) is 5.75 Å². The normalized spacial score (nSPS) is 20.2. The third-order valence-electron chi connectivity index (χ3n) is 6.96. The molecule has 0 atom stereocenters. The summed E-state index contributed by atoms with van der Waals surface area (Å²) in [5, 5.41) is 1.17. The van der Waals surface area contributed by atoms with E-state index in [0.29, 0.717) is 6.10 Å². The summed E-state index contributed by atoms with van der Waals surface area (Å²) in [5.41, 5.74) is 3.20. The number of ether oxygens (including phenoxy) is 1. The van der Waals surface area contributed by atoms with E-state index in [4.69, 9.17) is 4.74 Å². The number of benzene rings is 1. The Morgan fingerprint density at radius 3 is 2.44 bits per heavy atom. The molecule has 2 saturated heterocycles. The summed E-state index contributed by atoms with van der Waals surface area (Å²) in [5.74, 6) is 2.86. The number of aryl methyl sites for hydroxylation is 1. The Kier molecular flexibility index (Phi) is 9.62. The van der Waals surface area contributed by atoms with Gasteiger partial charge in [0.2, 0.25) is 0 Å². The van der Waals surface area contributed by atoms with Crippen molar-refractivity contribution in [1.82, 2.24) is 14.8 Å². The molecule has 3 aliphatic rings. The van der Waals surface area contributed by atoms with E-state index in [1.165, 1.54) is 56.4 Å². The molecule has 5 rings (SSSR count). The van der Waals surface area contributed by atoms with Crippen molar-refractivity contribution in [2.75, 3.05) is 45.0 Å². The number of H-pyrrole nitrogens is 1. The van der Waals surface area contributed by atoms with Gasteiger partial charge in [0.15, 0.2) is 0 Å². The summed E-state index contributed by atoms with van der Waals surface area (Å²) < 4.78 is 6.39. The minimum atomic E-state index is 0. The van der Waals surface area contributed by atoms with E-state index >= 15 is 0 Å². The van der Waals surface area contributed by atoms with Crippen molar-refractivity contribution in [1.29, 1.82) is 0 Å². The number of hydrogen-bond acceptors (Lipinski definition) is 5. The second kappa shape index (κ2) is 12.0. The van der Waals surface area contributed by atoms with Crippen LogP contribution in [0.25, 0.3) is 10.9 Å². The number of thioether (sulfide) groups is 1. The summed E-state index contributed by atoms with van der Waals surface area (Å²) in [6.45, 7) is 7.25. The van der Waals surface area contributed by atoms with E-state index in [9.17, 15) is 4.79 Å². The van der Waals surface area contributed by atoms with Crippen molar-refractivity contribution < 1.29 is 4.74 Å². The van der Waals surface area contributed by atoms with E-state index in [1.54, 1.807) is 0 Å². The number of hydrogen-bond donors (Lipinski definition) is 1. The van der Waals surface area contributed by atoms with Crippen LogP contribution in [-0.4, -0.2) is 65.9 Å². The molecule has 2 fully saturated rings. The third kappa shape index (κ3) is 5.95. The van der Waals surface area contributed by atoms with Gasteiger partial charge < -0.3 is 19.5 Å². The van der Waals surface area contributed by atoms with Crippen molar-refractivity contribution in [3.63, 3.8) is 0 Å². The molecular weight excluding hydrogens is 465 g/mol. The summed E-state index contributed by atoms with van der Waals surface area (Å²) in [6.07, 6.45) is 7.61. The van der Waals surface area contributed by atoms with Crippen LogP contribution < -0.4 is 10.3 Å².